The Bertz CT molecular complexity index is 269. The molecule has 0 aliphatic rings. The molecular weight excluding hydrogens is 182 g/mol. The Morgan fingerprint density at radius 1 is 1.21 bits per heavy atom. The van der Waals surface area contributed by atoms with E-state index in [0.717, 1.165) is 13.0 Å². The lowest BCUT2D eigenvalue weighted by molar-refractivity contribution is 0.373. The van der Waals surface area contributed by atoms with Crippen molar-refractivity contribution in [3.05, 3.63) is 6.07 Å². The van der Waals surface area contributed by atoms with E-state index >= 15 is 0 Å². The topological polar surface area (TPSA) is 56.3 Å². The van der Waals surface area contributed by atoms with Gasteiger partial charge >= 0.3 is 0 Å². The molecule has 0 aliphatic heterocycles. The van der Waals surface area contributed by atoms with Crippen molar-refractivity contribution in [2.75, 3.05) is 26.1 Å². The molecule has 0 aromatic carbocycles. The third-order valence-corrected chi connectivity index (χ3v) is 1.63. The highest BCUT2D eigenvalue weighted by molar-refractivity contribution is 5.33. The second-order valence-electron chi connectivity index (χ2n) is 2.70. The second kappa shape index (κ2) is 5.26. The first kappa shape index (κ1) is 10.6. The maximum atomic E-state index is 5.01. The molecule has 0 amide bonds. The summed E-state index contributed by atoms with van der Waals surface area (Å²) in [7, 11) is 3.12. The number of nitrogens with zero attached hydrogens (tertiary/aromatic N) is 2. The molecule has 5 heteroatoms. The number of anilines is 1. The molecule has 1 rings (SSSR count). The lowest BCUT2D eigenvalue weighted by Crippen LogP contribution is -2.05. The third-order valence-electron chi connectivity index (χ3n) is 1.63. The maximum Gasteiger partial charge on any atom is 0.229 e. The standard InChI is InChI=1S/C9H15N3O2/c1-4-5-10-9-11-7(13-2)6-8(12-9)14-3/h6H,4-5H2,1-3H3,(H,10,11,12). The summed E-state index contributed by atoms with van der Waals surface area (Å²) < 4.78 is 10.0. The molecule has 0 radical (unpaired) electrons. The van der Waals surface area contributed by atoms with Gasteiger partial charge in [-0.05, 0) is 6.42 Å². The zero-order chi connectivity index (χ0) is 10.4. The van der Waals surface area contributed by atoms with Crippen molar-refractivity contribution < 1.29 is 9.47 Å². The molecule has 14 heavy (non-hydrogen) atoms. The van der Waals surface area contributed by atoms with Crippen LogP contribution >= 0.6 is 0 Å². The number of aromatic nitrogens is 2. The van der Waals surface area contributed by atoms with Crippen molar-refractivity contribution in [1.29, 1.82) is 0 Å². The average Bonchev–Trinajstić information content (AvgIpc) is 2.25. The Morgan fingerprint density at radius 2 is 1.79 bits per heavy atom. The first-order valence-corrected chi connectivity index (χ1v) is 4.51. The number of hydrogen-bond acceptors (Lipinski definition) is 5. The third kappa shape index (κ3) is 2.76. The van der Waals surface area contributed by atoms with Crippen molar-refractivity contribution in [2.24, 2.45) is 0 Å². The lowest BCUT2D eigenvalue weighted by Gasteiger charge is -2.06. The number of rotatable bonds is 5. The average molecular weight is 197 g/mol. The molecule has 0 aliphatic carbocycles. The minimum absolute atomic E-state index is 0.496. The van der Waals surface area contributed by atoms with Crippen LogP contribution < -0.4 is 14.8 Å². The van der Waals surface area contributed by atoms with Crippen LogP contribution in [0.3, 0.4) is 0 Å². The SMILES string of the molecule is CCCNc1nc(OC)cc(OC)n1. The molecule has 78 valence electrons. The first-order valence-electron chi connectivity index (χ1n) is 4.51. The molecular formula is C9H15N3O2. The van der Waals surface area contributed by atoms with E-state index in [0.29, 0.717) is 17.7 Å². The molecule has 0 bridgehead atoms. The van der Waals surface area contributed by atoms with E-state index in [1.807, 2.05) is 0 Å². The van der Waals surface area contributed by atoms with Crippen LogP contribution in [0, 0.1) is 0 Å². The molecule has 1 N–H and O–H groups in total. The van der Waals surface area contributed by atoms with Gasteiger partial charge in [-0.3, -0.25) is 0 Å². The summed E-state index contributed by atoms with van der Waals surface area (Å²) in [6.07, 6.45) is 1.02. The van der Waals surface area contributed by atoms with Crippen LogP contribution in [-0.2, 0) is 0 Å². The van der Waals surface area contributed by atoms with Crippen molar-refractivity contribution in [2.45, 2.75) is 13.3 Å². The summed E-state index contributed by atoms with van der Waals surface area (Å²) in [5.41, 5.74) is 0. The van der Waals surface area contributed by atoms with Gasteiger partial charge in [0.05, 0.1) is 20.3 Å². The Kier molecular flexibility index (Phi) is 3.97. The molecule has 0 unspecified atom stereocenters. The fourth-order valence-electron chi connectivity index (χ4n) is 0.929. The van der Waals surface area contributed by atoms with E-state index < -0.39 is 0 Å². The van der Waals surface area contributed by atoms with Gasteiger partial charge in [-0.15, -0.1) is 0 Å². The van der Waals surface area contributed by atoms with E-state index in [1.165, 1.54) is 0 Å². The Balaban J connectivity index is 2.81. The zero-order valence-corrected chi connectivity index (χ0v) is 8.70. The quantitative estimate of drug-likeness (QED) is 0.771. The van der Waals surface area contributed by atoms with Crippen LogP contribution in [-0.4, -0.2) is 30.7 Å². The Morgan fingerprint density at radius 3 is 2.21 bits per heavy atom. The van der Waals surface area contributed by atoms with Crippen LogP contribution in [0.15, 0.2) is 6.07 Å². The van der Waals surface area contributed by atoms with E-state index in [1.54, 1.807) is 20.3 Å². The summed E-state index contributed by atoms with van der Waals surface area (Å²) in [4.78, 5) is 8.23. The number of hydrogen-bond donors (Lipinski definition) is 1. The lowest BCUT2D eigenvalue weighted by atomic mass is 10.5. The van der Waals surface area contributed by atoms with E-state index in [2.05, 4.69) is 22.2 Å². The van der Waals surface area contributed by atoms with Crippen LogP contribution in [0.4, 0.5) is 5.95 Å². The predicted molar refractivity (Wildman–Crippen MR) is 53.9 cm³/mol. The summed E-state index contributed by atoms with van der Waals surface area (Å²) in [5, 5.41) is 3.06. The molecule has 1 aromatic heterocycles. The summed E-state index contributed by atoms with van der Waals surface area (Å²) in [6, 6.07) is 1.64. The first-order chi connectivity index (χ1) is 6.80. The fraction of sp³-hybridized carbons (Fsp3) is 0.556. The van der Waals surface area contributed by atoms with Gasteiger partial charge in [0.15, 0.2) is 0 Å². The highest BCUT2D eigenvalue weighted by atomic mass is 16.5. The van der Waals surface area contributed by atoms with Crippen LogP contribution in [0.1, 0.15) is 13.3 Å². The Labute approximate surface area is 83.5 Å². The number of methoxy groups -OCH3 is 2. The van der Waals surface area contributed by atoms with Gasteiger partial charge in [0.1, 0.15) is 0 Å². The Hall–Kier alpha value is -1.52. The van der Waals surface area contributed by atoms with Gasteiger partial charge in [0, 0.05) is 6.54 Å². The smallest absolute Gasteiger partial charge is 0.229 e. The minimum Gasteiger partial charge on any atom is -0.481 e. The second-order valence-corrected chi connectivity index (χ2v) is 2.70. The van der Waals surface area contributed by atoms with Gasteiger partial charge in [-0.25, -0.2) is 0 Å². The van der Waals surface area contributed by atoms with E-state index in [4.69, 9.17) is 9.47 Å². The van der Waals surface area contributed by atoms with Crippen LogP contribution in [0.5, 0.6) is 11.8 Å². The van der Waals surface area contributed by atoms with Crippen molar-refractivity contribution in [1.82, 2.24) is 9.97 Å². The normalized spacial score (nSPS) is 9.64. The van der Waals surface area contributed by atoms with Crippen molar-refractivity contribution >= 4 is 5.95 Å². The predicted octanol–water partition coefficient (Wildman–Crippen LogP) is 1.32. The van der Waals surface area contributed by atoms with Crippen molar-refractivity contribution in [3.8, 4) is 11.8 Å². The van der Waals surface area contributed by atoms with Gasteiger partial charge in [-0.2, -0.15) is 9.97 Å². The maximum absolute atomic E-state index is 5.01. The summed E-state index contributed by atoms with van der Waals surface area (Å²) >= 11 is 0. The van der Waals surface area contributed by atoms with Gasteiger partial charge in [0.2, 0.25) is 17.7 Å². The van der Waals surface area contributed by atoms with Gasteiger partial charge in [0.25, 0.3) is 0 Å². The molecule has 0 spiro atoms. The molecule has 1 aromatic rings. The highest BCUT2D eigenvalue weighted by Crippen LogP contribution is 2.16. The highest BCUT2D eigenvalue weighted by Gasteiger charge is 2.03. The summed E-state index contributed by atoms with van der Waals surface area (Å²) in [5.74, 6) is 1.52. The van der Waals surface area contributed by atoms with E-state index in [-0.39, 0.29) is 0 Å². The number of ether oxygens (including phenoxy) is 2. The summed E-state index contributed by atoms with van der Waals surface area (Å²) in [6.45, 7) is 2.90. The minimum atomic E-state index is 0.496. The zero-order valence-electron chi connectivity index (χ0n) is 8.70. The number of nitrogens with one attached hydrogen (secondary N) is 1. The molecule has 1 heterocycles. The van der Waals surface area contributed by atoms with Gasteiger partial charge in [-0.1, -0.05) is 6.92 Å². The fourth-order valence-corrected chi connectivity index (χ4v) is 0.929. The largest absolute Gasteiger partial charge is 0.481 e. The van der Waals surface area contributed by atoms with Crippen molar-refractivity contribution in [3.63, 3.8) is 0 Å². The van der Waals surface area contributed by atoms with Crippen LogP contribution in [0.25, 0.3) is 0 Å². The molecule has 0 atom stereocenters. The monoisotopic (exact) mass is 197 g/mol. The van der Waals surface area contributed by atoms with E-state index in [9.17, 15) is 0 Å². The molecule has 0 saturated heterocycles. The molecule has 5 nitrogen and oxygen atoms in total. The molecule has 0 fully saturated rings. The molecule has 0 saturated carbocycles. The van der Waals surface area contributed by atoms with Gasteiger partial charge < -0.3 is 14.8 Å². The van der Waals surface area contributed by atoms with Crippen LogP contribution in [0.2, 0.25) is 0 Å².